The van der Waals surface area contributed by atoms with Crippen molar-refractivity contribution in [1.82, 2.24) is 9.88 Å². The van der Waals surface area contributed by atoms with E-state index < -0.39 is 17.7 Å². The molecular weight excluding hydrogens is 392 g/mol. The summed E-state index contributed by atoms with van der Waals surface area (Å²) in [6, 6.07) is 12.4. The van der Waals surface area contributed by atoms with Crippen LogP contribution in [-0.4, -0.2) is 40.3 Å². The second-order valence-electron chi connectivity index (χ2n) is 7.89. The second kappa shape index (κ2) is 7.95. The van der Waals surface area contributed by atoms with E-state index >= 15 is 0 Å². The lowest BCUT2D eigenvalue weighted by molar-refractivity contribution is -0.139. The number of Topliss-reactive ketones (excluding diaryl/α,β-unsaturated/α-hetero) is 1. The number of amides is 1. The molecule has 1 amide bonds. The maximum absolute atomic E-state index is 13.1. The summed E-state index contributed by atoms with van der Waals surface area (Å²) in [6.45, 7) is 6.18. The Morgan fingerprint density at radius 2 is 1.90 bits per heavy atom. The Hall–Kier alpha value is -3.54. The molecule has 2 N–H and O–H groups in total. The number of nitrogens with one attached hydrogen (secondary N) is 1. The third kappa shape index (κ3) is 3.28. The van der Waals surface area contributed by atoms with Crippen molar-refractivity contribution in [2.45, 2.75) is 33.2 Å². The summed E-state index contributed by atoms with van der Waals surface area (Å²) in [5, 5.41) is 12.2. The summed E-state index contributed by atoms with van der Waals surface area (Å²) in [5.41, 5.74) is 4.07. The van der Waals surface area contributed by atoms with Gasteiger partial charge in [-0.25, -0.2) is 0 Å². The number of rotatable bonds is 5. The minimum atomic E-state index is -0.658. The number of hydrogen-bond acceptors (Lipinski definition) is 4. The van der Waals surface area contributed by atoms with Gasteiger partial charge < -0.3 is 19.7 Å². The van der Waals surface area contributed by atoms with Gasteiger partial charge in [0, 0.05) is 34.3 Å². The Bertz CT molecular complexity index is 1220. The number of aliphatic hydroxyl groups is 1. The molecule has 1 aliphatic heterocycles. The predicted octanol–water partition coefficient (Wildman–Crippen LogP) is 4.63. The van der Waals surface area contributed by atoms with Crippen LogP contribution >= 0.6 is 0 Å². The molecule has 1 atom stereocenters. The van der Waals surface area contributed by atoms with E-state index in [0.717, 1.165) is 27.7 Å². The van der Waals surface area contributed by atoms with Crippen LogP contribution in [0.3, 0.4) is 0 Å². The number of nitrogens with zero attached hydrogens (tertiary/aromatic N) is 1. The fourth-order valence-corrected chi connectivity index (χ4v) is 4.48. The monoisotopic (exact) mass is 418 g/mol. The molecule has 31 heavy (non-hydrogen) atoms. The molecule has 1 aliphatic rings. The number of carbonyl (C=O) groups is 2. The van der Waals surface area contributed by atoms with Crippen molar-refractivity contribution in [1.29, 1.82) is 0 Å². The molecule has 1 aromatic heterocycles. The van der Waals surface area contributed by atoms with Gasteiger partial charge in [-0.3, -0.25) is 9.59 Å². The molecule has 2 heterocycles. The molecule has 1 fully saturated rings. The number of ketones is 1. The number of ether oxygens (including phenoxy) is 1. The summed E-state index contributed by atoms with van der Waals surface area (Å²) in [6.07, 6.45) is 0.701. The summed E-state index contributed by atoms with van der Waals surface area (Å²) in [7, 11) is 1.58. The van der Waals surface area contributed by atoms with Crippen LogP contribution in [0.5, 0.6) is 5.75 Å². The third-order valence-corrected chi connectivity index (χ3v) is 5.89. The molecule has 2 aromatic carbocycles. The lowest BCUT2D eigenvalue weighted by Gasteiger charge is -2.25. The number of aromatic nitrogens is 1. The fraction of sp³-hybridized carbons (Fsp3) is 0.280. The first-order chi connectivity index (χ1) is 14.9. The largest absolute Gasteiger partial charge is 0.507 e. The quantitative estimate of drug-likeness (QED) is 0.360. The van der Waals surface area contributed by atoms with Gasteiger partial charge in [0.1, 0.15) is 11.5 Å². The zero-order valence-electron chi connectivity index (χ0n) is 18.2. The maximum Gasteiger partial charge on any atom is 0.295 e. The van der Waals surface area contributed by atoms with E-state index in [1.165, 1.54) is 0 Å². The highest BCUT2D eigenvalue weighted by Gasteiger charge is 2.47. The molecule has 6 heteroatoms. The average molecular weight is 418 g/mol. The summed E-state index contributed by atoms with van der Waals surface area (Å²) in [4.78, 5) is 31.0. The summed E-state index contributed by atoms with van der Waals surface area (Å²) < 4.78 is 5.31. The Balaban J connectivity index is 1.97. The van der Waals surface area contributed by atoms with Gasteiger partial charge in [-0.15, -0.1) is 0 Å². The van der Waals surface area contributed by atoms with Crippen molar-refractivity contribution < 1.29 is 19.4 Å². The number of aryl methyl sites for hydroxylation is 2. The van der Waals surface area contributed by atoms with E-state index in [2.05, 4.69) is 4.98 Å². The summed E-state index contributed by atoms with van der Waals surface area (Å²) >= 11 is 0. The zero-order valence-corrected chi connectivity index (χ0v) is 18.2. The van der Waals surface area contributed by atoms with Gasteiger partial charge in [-0.1, -0.05) is 25.1 Å². The van der Waals surface area contributed by atoms with Crippen LogP contribution in [0, 0.1) is 13.8 Å². The van der Waals surface area contributed by atoms with Crippen LogP contribution in [0.25, 0.3) is 16.7 Å². The van der Waals surface area contributed by atoms with Gasteiger partial charge >= 0.3 is 0 Å². The number of aliphatic hydroxyl groups excluding tert-OH is 1. The highest BCUT2D eigenvalue weighted by Crippen LogP contribution is 2.43. The van der Waals surface area contributed by atoms with Crippen LogP contribution < -0.4 is 4.74 Å². The molecule has 160 valence electrons. The first kappa shape index (κ1) is 20.7. The van der Waals surface area contributed by atoms with Crippen LogP contribution in [0.15, 0.2) is 48.0 Å². The fourth-order valence-electron chi connectivity index (χ4n) is 4.48. The van der Waals surface area contributed by atoms with E-state index in [9.17, 15) is 14.7 Å². The van der Waals surface area contributed by atoms with E-state index in [0.29, 0.717) is 24.3 Å². The number of benzene rings is 2. The van der Waals surface area contributed by atoms with Crippen molar-refractivity contribution in [2.24, 2.45) is 0 Å². The van der Waals surface area contributed by atoms with Crippen LogP contribution in [0.4, 0.5) is 0 Å². The number of aromatic amines is 1. The van der Waals surface area contributed by atoms with Crippen molar-refractivity contribution in [3.63, 3.8) is 0 Å². The summed E-state index contributed by atoms with van der Waals surface area (Å²) in [5.74, 6) is -0.721. The normalized spacial score (nSPS) is 18.2. The lowest BCUT2D eigenvalue weighted by Crippen LogP contribution is -2.30. The van der Waals surface area contributed by atoms with Crippen molar-refractivity contribution in [3.05, 3.63) is 70.4 Å². The Labute approximate surface area is 181 Å². The van der Waals surface area contributed by atoms with Gasteiger partial charge in [-0.2, -0.15) is 0 Å². The van der Waals surface area contributed by atoms with E-state index in [4.69, 9.17) is 4.74 Å². The molecule has 0 spiro atoms. The van der Waals surface area contributed by atoms with Crippen molar-refractivity contribution >= 4 is 28.4 Å². The number of likely N-dealkylation sites (tertiary alicyclic amines) is 1. The average Bonchev–Trinajstić information content (AvgIpc) is 3.21. The van der Waals surface area contributed by atoms with Crippen LogP contribution in [0.2, 0.25) is 0 Å². The van der Waals surface area contributed by atoms with Crippen molar-refractivity contribution in [3.8, 4) is 5.75 Å². The standard InChI is InChI=1S/C25H26N2O4/c1-5-12-27-22(20-15(3)26-18-9-7-6-8-17(18)20)21(24(29)25(27)30)23(28)16-10-11-19(31-4)14(2)13-16/h6-11,13,22,26,28H,5,12H2,1-4H3/b23-21+. The maximum atomic E-state index is 13.1. The van der Waals surface area contributed by atoms with Gasteiger partial charge in [0.15, 0.2) is 0 Å². The number of fused-ring (bicyclic) bond motifs is 1. The van der Waals surface area contributed by atoms with E-state index in [1.54, 1.807) is 30.2 Å². The highest BCUT2D eigenvalue weighted by molar-refractivity contribution is 6.46. The van der Waals surface area contributed by atoms with E-state index in [1.807, 2.05) is 45.0 Å². The first-order valence-electron chi connectivity index (χ1n) is 10.4. The van der Waals surface area contributed by atoms with Gasteiger partial charge in [0.25, 0.3) is 11.7 Å². The van der Waals surface area contributed by atoms with Crippen LogP contribution in [0.1, 0.15) is 41.8 Å². The highest BCUT2D eigenvalue weighted by atomic mass is 16.5. The molecule has 0 bridgehead atoms. The molecule has 1 saturated heterocycles. The molecule has 0 radical (unpaired) electrons. The second-order valence-corrected chi connectivity index (χ2v) is 7.89. The minimum absolute atomic E-state index is 0.121. The molecule has 0 aliphatic carbocycles. The number of hydrogen-bond donors (Lipinski definition) is 2. The van der Waals surface area contributed by atoms with Crippen molar-refractivity contribution in [2.75, 3.05) is 13.7 Å². The number of carbonyl (C=O) groups excluding carboxylic acids is 2. The minimum Gasteiger partial charge on any atom is -0.507 e. The number of H-pyrrole nitrogens is 1. The Morgan fingerprint density at radius 3 is 2.58 bits per heavy atom. The van der Waals surface area contributed by atoms with Gasteiger partial charge in [0.2, 0.25) is 0 Å². The zero-order chi connectivity index (χ0) is 22.3. The van der Waals surface area contributed by atoms with Gasteiger partial charge in [-0.05, 0) is 50.1 Å². The topological polar surface area (TPSA) is 82.6 Å². The first-order valence-corrected chi connectivity index (χ1v) is 10.4. The number of methoxy groups -OCH3 is 1. The van der Waals surface area contributed by atoms with Gasteiger partial charge in [0.05, 0.1) is 18.7 Å². The SMILES string of the molecule is CCCN1C(=O)C(=O)/C(=C(/O)c2ccc(OC)c(C)c2)C1c1c(C)[nH]c2ccccc12. The molecule has 0 saturated carbocycles. The van der Waals surface area contributed by atoms with Crippen LogP contribution in [-0.2, 0) is 9.59 Å². The Morgan fingerprint density at radius 1 is 1.16 bits per heavy atom. The molecule has 1 unspecified atom stereocenters. The lowest BCUT2D eigenvalue weighted by atomic mass is 9.93. The number of para-hydroxylation sites is 1. The molecular formula is C25H26N2O4. The molecule has 4 rings (SSSR count). The predicted molar refractivity (Wildman–Crippen MR) is 120 cm³/mol. The smallest absolute Gasteiger partial charge is 0.295 e. The third-order valence-electron chi connectivity index (χ3n) is 5.89. The Kier molecular flexibility index (Phi) is 5.31. The molecule has 6 nitrogen and oxygen atoms in total. The molecule has 3 aromatic rings. The van der Waals surface area contributed by atoms with E-state index in [-0.39, 0.29) is 11.3 Å².